The average Bonchev–Trinajstić information content (AvgIpc) is 3.01. The van der Waals surface area contributed by atoms with Crippen LogP contribution in [0.5, 0.6) is 0 Å². The summed E-state index contributed by atoms with van der Waals surface area (Å²) in [5.41, 5.74) is 2.24. The molecule has 0 bridgehead atoms. The minimum atomic E-state index is -0.126. The Labute approximate surface area is 122 Å². The molecule has 0 unspecified atom stereocenters. The van der Waals surface area contributed by atoms with Crippen molar-refractivity contribution in [2.24, 2.45) is 0 Å². The van der Waals surface area contributed by atoms with Gasteiger partial charge in [-0.25, -0.2) is 15.0 Å². The van der Waals surface area contributed by atoms with Crippen LogP contribution in [0.2, 0.25) is 0 Å². The summed E-state index contributed by atoms with van der Waals surface area (Å²) < 4.78 is 1.83. The van der Waals surface area contributed by atoms with Gasteiger partial charge in [0, 0.05) is 31.8 Å². The summed E-state index contributed by atoms with van der Waals surface area (Å²) in [7, 11) is 1.77. The predicted octanol–water partition coefficient (Wildman–Crippen LogP) is 1.96. The molecule has 6 heteroatoms. The number of rotatable bonds is 3. The van der Waals surface area contributed by atoms with E-state index in [1.807, 2.05) is 29.7 Å². The molecule has 0 aliphatic heterocycles. The van der Waals surface area contributed by atoms with Gasteiger partial charge in [-0.05, 0) is 25.1 Å². The maximum atomic E-state index is 12.6. The van der Waals surface area contributed by atoms with Gasteiger partial charge >= 0.3 is 0 Å². The lowest BCUT2D eigenvalue weighted by atomic mass is 10.1. The summed E-state index contributed by atoms with van der Waals surface area (Å²) >= 11 is 0. The zero-order chi connectivity index (χ0) is 14.8. The Morgan fingerprint density at radius 2 is 2.10 bits per heavy atom. The average molecular weight is 281 g/mol. The minimum Gasteiger partial charge on any atom is -0.333 e. The molecule has 0 N–H and O–H groups in total. The summed E-state index contributed by atoms with van der Waals surface area (Å²) in [5, 5.41) is 0. The van der Waals surface area contributed by atoms with E-state index in [4.69, 9.17) is 0 Å². The zero-order valence-corrected chi connectivity index (χ0v) is 11.8. The van der Waals surface area contributed by atoms with Gasteiger partial charge in [0.25, 0.3) is 5.91 Å². The van der Waals surface area contributed by atoms with E-state index in [1.165, 1.54) is 6.33 Å². The number of nitrogens with zero attached hydrogens (tertiary/aromatic N) is 5. The van der Waals surface area contributed by atoms with Crippen molar-refractivity contribution in [3.63, 3.8) is 0 Å². The van der Waals surface area contributed by atoms with Crippen LogP contribution in [0.25, 0.3) is 5.65 Å². The number of amides is 1. The zero-order valence-electron chi connectivity index (χ0n) is 11.8. The molecule has 0 aliphatic carbocycles. The van der Waals surface area contributed by atoms with Crippen LogP contribution in [-0.4, -0.2) is 37.2 Å². The van der Waals surface area contributed by atoms with Crippen LogP contribution >= 0.6 is 0 Å². The molecule has 0 fully saturated rings. The smallest absolute Gasteiger partial charge is 0.255 e. The second-order valence-corrected chi connectivity index (χ2v) is 4.84. The fourth-order valence-corrected chi connectivity index (χ4v) is 2.17. The molecular formula is C15H15N5O. The Kier molecular flexibility index (Phi) is 3.35. The predicted molar refractivity (Wildman–Crippen MR) is 77.7 cm³/mol. The number of carbonyl (C=O) groups is 1. The molecule has 106 valence electrons. The van der Waals surface area contributed by atoms with Crippen molar-refractivity contribution >= 4 is 11.6 Å². The van der Waals surface area contributed by atoms with Gasteiger partial charge in [-0.15, -0.1) is 0 Å². The molecule has 3 heterocycles. The summed E-state index contributed by atoms with van der Waals surface area (Å²) in [6.07, 6.45) is 8.47. The molecule has 1 amide bonds. The van der Waals surface area contributed by atoms with Crippen LogP contribution < -0.4 is 0 Å². The maximum absolute atomic E-state index is 12.6. The van der Waals surface area contributed by atoms with Crippen molar-refractivity contribution in [3.05, 3.63) is 60.6 Å². The third-order valence-corrected chi connectivity index (χ3v) is 3.57. The fourth-order valence-electron chi connectivity index (χ4n) is 2.17. The van der Waals surface area contributed by atoms with Crippen LogP contribution in [0, 0.1) is 0 Å². The van der Waals surface area contributed by atoms with Gasteiger partial charge in [-0.3, -0.25) is 4.79 Å². The van der Waals surface area contributed by atoms with E-state index in [9.17, 15) is 4.79 Å². The molecule has 0 saturated heterocycles. The monoisotopic (exact) mass is 281 g/mol. The van der Waals surface area contributed by atoms with E-state index in [-0.39, 0.29) is 11.9 Å². The Morgan fingerprint density at radius 1 is 1.24 bits per heavy atom. The molecule has 0 radical (unpaired) electrons. The first-order valence-electron chi connectivity index (χ1n) is 6.62. The molecule has 6 nitrogen and oxygen atoms in total. The van der Waals surface area contributed by atoms with Crippen molar-refractivity contribution in [1.29, 1.82) is 0 Å². The first-order valence-corrected chi connectivity index (χ1v) is 6.62. The molecule has 0 aromatic carbocycles. The lowest BCUT2D eigenvalue weighted by Crippen LogP contribution is -2.30. The maximum Gasteiger partial charge on any atom is 0.255 e. The molecule has 3 aromatic rings. The van der Waals surface area contributed by atoms with E-state index in [2.05, 4.69) is 15.0 Å². The highest BCUT2D eigenvalue weighted by Gasteiger charge is 2.20. The van der Waals surface area contributed by atoms with E-state index in [0.29, 0.717) is 5.56 Å². The van der Waals surface area contributed by atoms with Gasteiger partial charge < -0.3 is 9.30 Å². The molecular weight excluding hydrogens is 266 g/mol. The Bertz CT molecular complexity index is 768. The second-order valence-electron chi connectivity index (χ2n) is 4.84. The van der Waals surface area contributed by atoms with Crippen molar-refractivity contribution in [2.45, 2.75) is 13.0 Å². The number of hydrogen-bond donors (Lipinski definition) is 0. The van der Waals surface area contributed by atoms with Gasteiger partial charge in [0.15, 0.2) is 0 Å². The first-order chi connectivity index (χ1) is 10.2. The molecule has 0 spiro atoms. The van der Waals surface area contributed by atoms with Crippen molar-refractivity contribution in [2.75, 3.05) is 7.05 Å². The topological polar surface area (TPSA) is 63.4 Å². The van der Waals surface area contributed by atoms with Crippen LogP contribution in [0.4, 0.5) is 0 Å². The fraction of sp³-hybridized carbons (Fsp3) is 0.200. The third-order valence-electron chi connectivity index (χ3n) is 3.57. The number of carbonyl (C=O) groups excluding carboxylic acids is 1. The van der Waals surface area contributed by atoms with Gasteiger partial charge in [0.05, 0.1) is 17.3 Å². The number of aromatic nitrogens is 4. The summed E-state index contributed by atoms with van der Waals surface area (Å²) in [6.45, 7) is 1.94. The molecule has 0 aliphatic rings. The van der Waals surface area contributed by atoms with Gasteiger partial charge in [0.1, 0.15) is 12.0 Å². The lowest BCUT2D eigenvalue weighted by Gasteiger charge is -2.24. The highest BCUT2D eigenvalue weighted by atomic mass is 16.2. The van der Waals surface area contributed by atoms with Crippen LogP contribution in [0.3, 0.4) is 0 Å². The summed E-state index contributed by atoms with van der Waals surface area (Å²) in [5.74, 6) is -0.0586. The number of imidazole rings is 1. The summed E-state index contributed by atoms with van der Waals surface area (Å²) in [4.78, 5) is 26.5. The van der Waals surface area contributed by atoms with Crippen molar-refractivity contribution < 1.29 is 4.79 Å². The number of pyridine rings is 1. The largest absolute Gasteiger partial charge is 0.333 e. The van der Waals surface area contributed by atoms with E-state index < -0.39 is 0 Å². The van der Waals surface area contributed by atoms with E-state index in [1.54, 1.807) is 36.6 Å². The lowest BCUT2D eigenvalue weighted by molar-refractivity contribution is 0.0739. The Hall–Kier alpha value is -2.76. The van der Waals surface area contributed by atoms with Gasteiger partial charge in [-0.2, -0.15) is 0 Å². The number of fused-ring (bicyclic) bond motifs is 1. The van der Waals surface area contributed by atoms with Crippen molar-refractivity contribution in [3.8, 4) is 0 Å². The number of hydrogen-bond acceptors (Lipinski definition) is 4. The Morgan fingerprint density at radius 3 is 2.86 bits per heavy atom. The second kappa shape index (κ2) is 5.32. The third kappa shape index (κ3) is 2.47. The normalized spacial score (nSPS) is 12.3. The van der Waals surface area contributed by atoms with E-state index in [0.717, 1.165) is 11.3 Å². The SMILES string of the molecule is C[C@@H](c1ccncn1)N(C)C(=O)c1ccc2nccn2c1. The quantitative estimate of drug-likeness (QED) is 0.736. The first kappa shape index (κ1) is 13.2. The Balaban J connectivity index is 1.86. The van der Waals surface area contributed by atoms with Gasteiger partial charge in [-0.1, -0.05) is 0 Å². The minimum absolute atomic E-state index is 0.0586. The molecule has 3 aromatic heterocycles. The van der Waals surface area contributed by atoms with Crippen molar-refractivity contribution in [1.82, 2.24) is 24.3 Å². The van der Waals surface area contributed by atoms with Crippen LogP contribution in [-0.2, 0) is 0 Å². The highest BCUT2D eigenvalue weighted by molar-refractivity contribution is 5.94. The van der Waals surface area contributed by atoms with E-state index >= 15 is 0 Å². The van der Waals surface area contributed by atoms with Crippen LogP contribution in [0.15, 0.2) is 49.3 Å². The summed E-state index contributed by atoms with van der Waals surface area (Å²) in [6, 6.07) is 5.30. The molecule has 3 rings (SSSR count). The standard InChI is InChI=1S/C15H15N5O/c1-11(13-5-6-16-10-18-13)19(2)15(21)12-3-4-14-17-7-8-20(14)9-12/h3-11H,1-2H3/t11-/m0/s1. The van der Waals surface area contributed by atoms with Gasteiger partial charge in [0.2, 0.25) is 0 Å². The molecule has 21 heavy (non-hydrogen) atoms. The highest BCUT2D eigenvalue weighted by Crippen LogP contribution is 2.18. The molecule has 0 saturated carbocycles. The molecule has 1 atom stereocenters. The van der Waals surface area contributed by atoms with Crippen LogP contribution in [0.1, 0.15) is 29.0 Å².